The van der Waals surface area contributed by atoms with Crippen LogP contribution < -0.4 is 0 Å². The van der Waals surface area contributed by atoms with Gasteiger partial charge in [-0.3, -0.25) is 0 Å². The molecule has 0 aromatic rings. The molecule has 21 heavy (non-hydrogen) atoms. The van der Waals surface area contributed by atoms with E-state index in [9.17, 15) is 4.39 Å². The molecule has 0 aromatic carbocycles. The summed E-state index contributed by atoms with van der Waals surface area (Å²) < 4.78 is 14.5. The first-order valence-corrected chi connectivity index (χ1v) is 10.4. The molecule has 2 saturated carbocycles. The molecule has 0 radical (unpaired) electrons. The van der Waals surface area contributed by atoms with Crippen LogP contribution in [0.2, 0.25) is 0 Å². The van der Waals surface area contributed by atoms with E-state index in [0.717, 1.165) is 28.1 Å². The highest BCUT2D eigenvalue weighted by Gasteiger charge is 2.48. The van der Waals surface area contributed by atoms with Crippen LogP contribution in [0.1, 0.15) is 91.4 Å². The number of halogens is 2. The van der Waals surface area contributed by atoms with E-state index in [1.54, 1.807) is 13.8 Å². The number of hydrogen-bond donors (Lipinski definition) is 0. The summed E-state index contributed by atoms with van der Waals surface area (Å²) in [7, 11) is 0. The van der Waals surface area contributed by atoms with E-state index >= 15 is 0 Å². The summed E-state index contributed by atoms with van der Waals surface area (Å²) in [4.78, 5) is 0. The van der Waals surface area contributed by atoms with E-state index < -0.39 is 5.67 Å². The Hall–Kier alpha value is 0.660. The third-order valence-electron chi connectivity index (χ3n) is 6.02. The monoisotopic (exact) mass is 408 g/mol. The van der Waals surface area contributed by atoms with Gasteiger partial charge in [-0.05, 0) is 88.9 Å². The molecule has 1 atom stereocenters. The van der Waals surface area contributed by atoms with Gasteiger partial charge in [0.15, 0.2) is 0 Å². The molecule has 0 saturated heterocycles. The van der Waals surface area contributed by atoms with Gasteiger partial charge < -0.3 is 0 Å². The SMILES string of the molecule is CC(CCCC1(C2CCC(I)CC2)CC1)CCC(C)(C)F. The second-order valence-corrected chi connectivity index (χ2v) is 10.3. The van der Waals surface area contributed by atoms with Gasteiger partial charge >= 0.3 is 0 Å². The van der Waals surface area contributed by atoms with Gasteiger partial charge in [-0.15, -0.1) is 0 Å². The minimum Gasteiger partial charge on any atom is -0.245 e. The molecule has 2 aliphatic rings. The Balaban J connectivity index is 1.64. The third-order valence-corrected chi connectivity index (χ3v) is 7.26. The lowest BCUT2D eigenvalue weighted by Crippen LogP contribution is -2.23. The van der Waals surface area contributed by atoms with Gasteiger partial charge in [0.05, 0.1) is 0 Å². The van der Waals surface area contributed by atoms with E-state index in [1.165, 1.54) is 57.8 Å². The quantitative estimate of drug-likeness (QED) is 0.297. The fourth-order valence-electron chi connectivity index (χ4n) is 4.22. The van der Waals surface area contributed by atoms with Crippen LogP contribution in [0.4, 0.5) is 4.39 Å². The van der Waals surface area contributed by atoms with Crippen molar-refractivity contribution in [1.82, 2.24) is 0 Å². The molecule has 1 unspecified atom stereocenters. The molecule has 2 rings (SSSR count). The molecule has 2 heteroatoms. The minimum atomic E-state index is -0.982. The molecule has 0 N–H and O–H groups in total. The maximum absolute atomic E-state index is 13.5. The average molecular weight is 408 g/mol. The summed E-state index contributed by atoms with van der Waals surface area (Å²) in [5.41, 5.74) is -0.236. The fourth-order valence-corrected chi connectivity index (χ4v) is 4.94. The topological polar surface area (TPSA) is 0 Å². The predicted molar refractivity (Wildman–Crippen MR) is 98.9 cm³/mol. The number of rotatable bonds is 8. The first-order valence-electron chi connectivity index (χ1n) is 9.14. The van der Waals surface area contributed by atoms with Gasteiger partial charge in [0.1, 0.15) is 5.67 Å². The summed E-state index contributed by atoms with van der Waals surface area (Å²) in [5, 5.41) is 0. The standard InChI is InChI=1S/C19H34FI/c1-15(10-12-18(2,3)20)5-4-11-19(13-14-19)16-6-8-17(21)9-7-16/h15-17H,4-14H2,1-3H3. The van der Waals surface area contributed by atoms with Crippen LogP contribution in [0.3, 0.4) is 0 Å². The van der Waals surface area contributed by atoms with Crippen molar-refractivity contribution >= 4 is 22.6 Å². The molecule has 0 aromatic heterocycles. The van der Waals surface area contributed by atoms with Gasteiger partial charge in [0.25, 0.3) is 0 Å². The normalized spacial score (nSPS) is 30.1. The van der Waals surface area contributed by atoms with E-state index in [0.29, 0.717) is 5.92 Å². The van der Waals surface area contributed by atoms with E-state index in [2.05, 4.69) is 29.5 Å². The summed E-state index contributed by atoms with van der Waals surface area (Å²) >= 11 is 2.64. The van der Waals surface area contributed by atoms with Crippen LogP contribution >= 0.6 is 22.6 Å². The second-order valence-electron chi connectivity index (χ2n) is 8.57. The highest BCUT2D eigenvalue weighted by Crippen LogP contribution is 2.59. The Morgan fingerprint density at radius 2 is 1.76 bits per heavy atom. The number of alkyl halides is 2. The first kappa shape index (κ1) is 18.0. The zero-order valence-corrected chi connectivity index (χ0v) is 16.4. The van der Waals surface area contributed by atoms with Crippen LogP contribution in [0, 0.1) is 17.3 Å². The van der Waals surface area contributed by atoms with Gasteiger partial charge in [-0.25, -0.2) is 4.39 Å². The lowest BCUT2D eigenvalue weighted by molar-refractivity contribution is 0.182. The Bertz CT molecular complexity index is 308. The van der Waals surface area contributed by atoms with E-state index in [1.807, 2.05) is 0 Å². The van der Waals surface area contributed by atoms with Crippen LogP contribution in [-0.2, 0) is 0 Å². The van der Waals surface area contributed by atoms with E-state index in [-0.39, 0.29) is 0 Å². The van der Waals surface area contributed by atoms with E-state index in [4.69, 9.17) is 0 Å². The van der Waals surface area contributed by atoms with Crippen molar-refractivity contribution in [3.8, 4) is 0 Å². The lowest BCUT2D eigenvalue weighted by Gasteiger charge is -2.33. The van der Waals surface area contributed by atoms with Gasteiger partial charge in [0.2, 0.25) is 0 Å². The molecular formula is C19H34FI. The van der Waals surface area contributed by atoms with Crippen molar-refractivity contribution in [3.63, 3.8) is 0 Å². The minimum absolute atomic E-state index is 0.695. The average Bonchev–Trinajstić information content (AvgIpc) is 3.17. The maximum atomic E-state index is 13.5. The largest absolute Gasteiger partial charge is 0.245 e. The summed E-state index contributed by atoms with van der Waals surface area (Å²) in [5.74, 6) is 1.73. The molecule has 0 bridgehead atoms. The lowest BCUT2D eigenvalue weighted by atomic mass is 9.75. The van der Waals surface area contributed by atoms with Crippen LogP contribution in [-0.4, -0.2) is 9.59 Å². The van der Waals surface area contributed by atoms with Crippen LogP contribution in [0.25, 0.3) is 0 Å². The maximum Gasteiger partial charge on any atom is 0.105 e. The predicted octanol–water partition coefficient (Wildman–Crippen LogP) is 7.10. The Labute approximate surface area is 145 Å². The van der Waals surface area contributed by atoms with Crippen LogP contribution in [0.5, 0.6) is 0 Å². The van der Waals surface area contributed by atoms with Crippen molar-refractivity contribution < 1.29 is 4.39 Å². The third kappa shape index (κ3) is 5.99. The number of hydrogen-bond acceptors (Lipinski definition) is 0. The zero-order chi connectivity index (χ0) is 15.5. The summed E-state index contributed by atoms with van der Waals surface area (Å²) in [6.07, 6.45) is 14.8. The molecule has 0 spiro atoms. The van der Waals surface area contributed by atoms with Crippen LogP contribution in [0.15, 0.2) is 0 Å². The van der Waals surface area contributed by atoms with Gasteiger partial charge in [-0.2, -0.15) is 0 Å². The smallest absolute Gasteiger partial charge is 0.105 e. The summed E-state index contributed by atoms with van der Waals surface area (Å²) in [6, 6.07) is 0. The highest BCUT2D eigenvalue weighted by molar-refractivity contribution is 14.1. The fraction of sp³-hybridized carbons (Fsp3) is 1.00. The molecule has 0 aliphatic heterocycles. The van der Waals surface area contributed by atoms with Crippen molar-refractivity contribution in [2.45, 2.75) is 101 Å². The van der Waals surface area contributed by atoms with Crippen molar-refractivity contribution in [1.29, 1.82) is 0 Å². The van der Waals surface area contributed by atoms with Crippen molar-refractivity contribution in [2.75, 3.05) is 0 Å². The molecule has 124 valence electrons. The molecule has 2 fully saturated rings. The van der Waals surface area contributed by atoms with Crippen molar-refractivity contribution in [2.24, 2.45) is 17.3 Å². The Morgan fingerprint density at radius 1 is 1.14 bits per heavy atom. The molecule has 0 heterocycles. The second kappa shape index (κ2) is 7.49. The molecule has 0 amide bonds. The summed E-state index contributed by atoms with van der Waals surface area (Å²) in [6.45, 7) is 5.73. The Morgan fingerprint density at radius 3 is 2.29 bits per heavy atom. The van der Waals surface area contributed by atoms with Gasteiger partial charge in [0, 0.05) is 3.92 Å². The molecule has 2 aliphatic carbocycles. The molecule has 0 nitrogen and oxygen atoms in total. The Kier molecular flexibility index (Phi) is 6.42. The van der Waals surface area contributed by atoms with Crippen molar-refractivity contribution in [3.05, 3.63) is 0 Å². The highest BCUT2D eigenvalue weighted by atomic mass is 127. The molecular weight excluding hydrogens is 374 g/mol. The first-order chi connectivity index (χ1) is 9.81. The zero-order valence-electron chi connectivity index (χ0n) is 14.3. The van der Waals surface area contributed by atoms with Gasteiger partial charge in [-0.1, -0.05) is 42.4 Å².